The molecule has 0 spiro atoms. The molecule has 184 valence electrons. The van der Waals surface area contributed by atoms with Gasteiger partial charge in [-0.15, -0.1) is 0 Å². The van der Waals surface area contributed by atoms with Crippen molar-refractivity contribution in [3.05, 3.63) is 64.2 Å². The molecule has 0 aliphatic rings. The molecule has 0 aromatic heterocycles. The lowest BCUT2D eigenvalue weighted by Gasteiger charge is -2.25. The minimum Gasteiger partial charge on any atom is -0.444 e. The lowest BCUT2D eigenvalue weighted by atomic mass is 10.2. The van der Waals surface area contributed by atoms with E-state index in [2.05, 4.69) is 5.32 Å². The summed E-state index contributed by atoms with van der Waals surface area (Å²) in [6.45, 7) is 9.98. The summed E-state index contributed by atoms with van der Waals surface area (Å²) in [5.41, 5.74) is 0.142. The van der Waals surface area contributed by atoms with Crippen molar-refractivity contribution in [2.75, 3.05) is 6.54 Å². The number of rotatable bonds is 9. The van der Waals surface area contributed by atoms with E-state index >= 15 is 0 Å². The van der Waals surface area contributed by atoms with Gasteiger partial charge in [-0.3, -0.25) is 10.1 Å². The standard InChI is InChI=1S/C23H28N2O7S2/c1-22(2,3)32-20(26)24-15-23(4,5)34-33-19-12-6-16(7-13-19)14-30-21(27)31-18-10-8-17(9-11-18)25(28)29/h6-13H,14-15H2,1-5H3,(H,24,26). The summed E-state index contributed by atoms with van der Waals surface area (Å²) in [6.07, 6.45) is -1.34. The summed E-state index contributed by atoms with van der Waals surface area (Å²) in [5.74, 6) is 0.156. The molecule has 0 radical (unpaired) electrons. The van der Waals surface area contributed by atoms with Crippen LogP contribution in [-0.4, -0.2) is 34.1 Å². The molecule has 34 heavy (non-hydrogen) atoms. The summed E-state index contributed by atoms with van der Waals surface area (Å²) in [5, 5.41) is 13.4. The number of nitro groups is 1. The maximum absolute atomic E-state index is 11.8. The third-order valence-electron chi connectivity index (χ3n) is 3.95. The monoisotopic (exact) mass is 508 g/mol. The van der Waals surface area contributed by atoms with Crippen molar-refractivity contribution in [2.45, 2.75) is 56.5 Å². The normalized spacial score (nSPS) is 11.4. The van der Waals surface area contributed by atoms with E-state index in [9.17, 15) is 19.7 Å². The Morgan fingerprint density at radius 3 is 2.18 bits per heavy atom. The third kappa shape index (κ3) is 10.3. The zero-order valence-electron chi connectivity index (χ0n) is 19.7. The average molecular weight is 509 g/mol. The van der Waals surface area contributed by atoms with Gasteiger partial charge in [0.2, 0.25) is 0 Å². The van der Waals surface area contributed by atoms with Crippen molar-refractivity contribution in [2.24, 2.45) is 0 Å². The van der Waals surface area contributed by atoms with Crippen LogP contribution in [0.25, 0.3) is 0 Å². The van der Waals surface area contributed by atoms with Crippen LogP contribution in [0, 0.1) is 10.1 Å². The van der Waals surface area contributed by atoms with Gasteiger partial charge in [0.25, 0.3) is 5.69 Å². The zero-order chi connectivity index (χ0) is 25.4. The molecule has 2 aromatic rings. The Bertz CT molecular complexity index is 988. The molecule has 0 aliphatic heterocycles. The van der Waals surface area contributed by atoms with E-state index in [1.165, 1.54) is 24.3 Å². The molecule has 1 amide bonds. The zero-order valence-corrected chi connectivity index (χ0v) is 21.3. The highest BCUT2D eigenvalue weighted by molar-refractivity contribution is 8.77. The Kier molecular flexibility index (Phi) is 9.63. The Morgan fingerprint density at radius 2 is 1.62 bits per heavy atom. The maximum Gasteiger partial charge on any atom is 0.514 e. The summed E-state index contributed by atoms with van der Waals surface area (Å²) >= 11 is 0. The SMILES string of the molecule is CC(C)(C)OC(=O)NCC(C)(C)SSc1ccc(COC(=O)Oc2ccc([N+](=O)[O-])cc2)cc1. The second kappa shape index (κ2) is 12.0. The molecule has 2 aromatic carbocycles. The molecule has 0 saturated carbocycles. The van der Waals surface area contributed by atoms with Gasteiger partial charge in [-0.1, -0.05) is 33.7 Å². The van der Waals surface area contributed by atoms with Gasteiger partial charge in [0.05, 0.1) is 4.92 Å². The van der Waals surface area contributed by atoms with E-state index in [0.29, 0.717) is 6.54 Å². The van der Waals surface area contributed by atoms with Crippen molar-refractivity contribution in [3.8, 4) is 5.75 Å². The molecule has 0 aliphatic carbocycles. The van der Waals surface area contributed by atoms with E-state index in [0.717, 1.165) is 10.5 Å². The molecular formula is C23H28N2O7S2. The minimum atomic E-state index is -0.901. The third-order valence-corrected chi connectivity index (χ3v) is 7.27. The second-order valence-electron chi connectivity index (χ2n) is 8.82. The number of nitrogens with one attached hydrogen (secondary N) is 1. The van der Waals surface area contributed by atoms with E-state index in [-0.39, 0.29) is 22.8 Å². The summed E-state index contributed by atoms with van der Waals surface area (Å²) in [6, 6.07) is 12.6. The van der Waals surface area contributed by atoms with E-state index in [4.69, 9.17) is 14.2 Å². The number of carbonyl (C=O) groups is 2. The first-order valence-corrected chi connectivity index (χ1v) is 12.5. The van der Waals surface area contributed by atoms with Crippen LogP contribution in [0.5, 0.6) is 5.75 Å². The quantitative estimate of drug-likeness (QED) is 0.136. The van der Waals surface area contributed by atoms with Crippen molar-refractivity contribution >= 4 is 39.5 Å². The molecule has 0 unspecified atom stereocenters. The van der Waals surface area contributed by atoms with Gasteiger partial charge in [-0.2, -0.15) is 0 Å². The fourth-order valence-corrected chi connectivity index (χ4v) is 4.51. The number of carbonyl (C=O) groups excluding carboxylic acids is 2. The summed E-state index contributed by atoms with van der Waals surface area (Å²) < 4.78 is 15.1. The van der Waals surface area contributed by atoms with Crippen LogP contribution >= 0.6 is 21.6 Å². The number of amides is 1. The van der Waals surface area contributed by atoms with Crippen molar-refractivity contribution < 1.29 is 28.7 Å². The van der Waals surface area contributed by atoms with Crippen LogP contribution in [0.1, 0.15) is 40.2 Å². The molecule has 0 heterocycles. The predicted octanol–water partition coefficient (Wildman–Crippen LogP) is 6.35. The predicted molar refractivity (Wildman–Crippen MR) is 132 cm³/mol. The lowest BCUT2D eigenvalue weighted by molar-refractivity contribution is -0.384. The summed E-state index contributed by atoms with van der Waals surface area (Å²) in [4.78, 5) is 34.8. The Labute approximate surface area is 206 Å². The highest BCUT2D eigenvalue weighted by Crippen LogP contribution is 2.40. The molecule has 11 heteroatoms. The molecule has 0 atom stereocenters. The Balaban J connectivity index is 1.75. The Hall–Kier alpha value is -2.92. The fraction of sp³-hybridized carbons (Fsp3) is 0.391. The van der Waals surface area contributed by atoms with Crippen molar-refractivity contribution in [3.63, 3.8) is 0 Å². The topological polar surface area (TPSA) is 117 Å². The van der Waals surface area contributed by atoms with E-state index in [1.54, 1.807) is 21.6 Å². The highest BCUT2D eigenvalue weighted by Gasteiger charge is 2.23. The van der Waals surface area contributed by atoms with Gasteiger partial charge >= 0.3 is 12.2 Å². The number of nitro benzene ring substituents is 1. The maximum atomic E-state index is 11.8. The number of alkyl carbamates (subject to hydrolysis) is 1. The number of hydrogen-bond acceptors (Lipinski definition) is 9. The number of benzene rings is 2. The van der Waals surface area contributed by atoms with Crippen LogP contribution in [0.15, 0.2) is 53.4 Å². The number of ether oxygens (including phenoxy) is 3. The summed E-state index contributed by atoms with van der Waals surface area (Å²) in [7, 11) is 3.19. The first kappa shape index (κ1) is 27.3. The molecular weight excluding hydrogens is 480 g/mol. The van der Waals surface area contributed by atoms with E-state index < -0.39 is 22.8 Å². The lowest BCUT2D eigenvalue weighted by Crippen LogP contribution is -2.39. The van der Waals surface area contributed by atoms with Gasteiger partial charge in [0.15, 0.2) is 0 Å². The highest BCUT2D eigenvalue weighted by atomic mass is 33.1. The van der Waals surface area contributed by atoms with Crippen LogP contribution in [0.2, 0.25) is 0 Å². The van der Waals surface area contributed by atoms with Gasteiger partial charge in [0, 0.05) is 28.3 Å². The number of non-ortho nitro benzene ring substituents is 1. The van der Waals surface area contributed by atoms with Gasteiger partial charge in [0.1, 0.15) is 18.0 Å². The van der Waals surface area contributed by atoms with Crippen LogP contribution in [-0.2, 0) is 16.1 Å². The Morgan fingerprint density at radius 1 is 1.00 bits per heavy atom. The van der Waals surface area contributed by atoms with Gasteiger partial charge < -0.3 is 19.5 Å². The fourth-order valence-electron chi connectivity index (χ4n) is 2.33. The molecule has 2 rings (SSSR count). The van der Waals surface area contributed by atoms with Crippen molar-refractivity contribution in [1.82, 2.24) is 5.32 Å². The van der Waals surface area contributed by atoms with Crippen LogP contribution in [0.4, 0.5) is 15.3 Å². The van der Waals surface area contributed by atoms with Gasteiger partial charge in [-0.25, -0.2) is 9.59 Å². The average Bonchev–Trinajstić information content (AvgIpc) is 2.75. The first-order chi connectivity index (χ1) is 15.8. The second-order valence-corrected chi connectivity index (χ2v) is 11.7. The molecule has 1 N–H and O–H groups in total. The van der Waals surface area contributed by atoms with Crippen molar-refractivity contribution in [1.29, 1.82) is 0 Å². The number of nitrogens with zero attached hydrogens (tertiary/aromatic N) is 1. The number of hydrogen-bond donors (Lipinski definition) is 1. The molecule has 0 fully saturated rings. The molecule has 0 bridgehead atoms. The molecule has 9 nitrogen and oxygen atoms in total. The van der Waals surface area contributed by atoms with Crippen LogP contribution in [0.3, 0.4) is 0 Å². The largest absolute Gasteiger partial charge is 0.514 e. The smallest absolute Gasteiger partial charge is 0.444 e. The van der Waals surface area contributed by atoms with Gasteiger partial charge in [-0.05, 0) is 64.4 Å². The van der Waals surface area contributed by atoms with E-state index in [1.807, 2.05) is 58.9 Å². The first-order valence-electron chi connectivity index (χ1n) is 10.3. The minimum absolute atomic E-state index is 0.0230. The molecule has 0 saturated heterocycles. The van der Waals surface area contributed by atoms with Crippen LogP contribution < -0.4 is 10.1 Å².